The first-order valence-electron chi connectivity index (χ1n) is 24.5. The number of carbonyl (C=O) groups excluding carboxylic acids is 4. The number of ketones is 2. The Morgan fingerprint density at radius 2 is 1.65 bits per heavy atom. The molecule has 1 radical (unpaired) electrons. The molecule has 5 aliphatic heterocycles. The second kappa shape index (κ2) is 28.7. The molecule has 387 valence electrons. The summed E-state index contributed by atoms with van der Waals surface area (Å²) < 4.78 is 35.9. The summed E-state index contributed by atoms with van der Waals surface area (Å²) >= 11 is 0. The van der Waals surface area contributed by atoms with Crippen molar-refractivity contribution in [2.75, 3.05) is 41.1 Å². The average molecular weight is 1040 g/mol. The van der Waals surface area contributed by atoms with Crippen LogP contribution in [-0.4, -0.2) is 145 Å². The SMILES string of the molecule is [CH2-]N=C1C/C=C(\C)[C@@H](O)[C@@H](OC)C(=O)[C@H](C)C[C@H](C)/C=C/C=C/C=C(\C)[C@@H](OC)C[C@@H]2CC[C@@H](C)[C@@](O)(O2)C(=O)C(=O)N2CCCC3[C@H]2C(=O)O[C@@H](C1)[C@H]3C[C@@H]1CC[C@@H](OCCO)[C@H](OC)C1.[CH3-].[Y]. The Morgan fingerprint density at radius 3 is 2.32 bits per heavy atom. The molecular weight excluding hydrogens is 961 g/mol. The molecule has 0 aromatic heterocycles. The number of aliphatic hydroxyl groups is 3. The van der Waals surface area contributed by atoms with Crippen molar-refractivity contribution < 1.29 is 95.6 Å². The largest absolute Gasteiger partial charge is 0.462 e. The van der Waals surface area contributed by atoms with E-state index in [1.165, 1.54) is 12.0 Å². The number of Topliss-reactive ketones (excluding diaryl/α,β-unsaturated/α-hetero) is 2. The Hall–Kier alpha value is -2.44. The molecule has 4 fully saturated rings. The van der Waals surface area contributed by atoms with Crippen LogP contribution >= 0.6 is 0 Å². The molecule has 6 bridgehead atoms. The van der Waals surface area contributed by atoms with Crippen LogP contribution in [0.1, 0.15) is 112 Å². The molecular formula is C53H82N2O13Y-2. The van der Waals surface area contributed by atoms with Gasteiger partial charge in [-0.15, -0.1) is 5.71 Å². The number of aliphatic hydroxyl groups excluding tert-OH is 2. The van der Waals surface area contributed by atoms with Crippen molar-refractivity contribution in [1.29, 1.82) is 0 Å². The first-order valence-corrected chi connectivity index (χ1v) is 24.5. The Morgan fingerprint density at radius 1 is 0.913 bits per heavy atom. The number of carbonyl (C=O) groups is 4. The predicted molar refractivity (Wildman–Crippen MR) is 259 cm³/mol. The number of fused-ring (bicyclic) bond motifs is 16. The van der Waals surface area contributed by atoms with Gasteiger partial charge in [0.15, 0.2) is 5.78 Å². The molecule has 16 heteroatoms. The van der Waals surface area contributed by atoms with E-state index in [9.17, 15) is 34.5 Å². The van der Waals surface area contributed by atoms with E-state index in [4.69, 9.17) is 28.4 Å². The number of esters is 1. The number of amides is 1. The number of nitrogens with zero attached hydrogens (tertiary/aromatic N) is 2. The van der Waals surface area contributed by atoms with Crippen molar-refractivity contribution in [3.8, 4) is 0 Å². The van der Waals surface area contributed by atoms with Crippen LogP contribution in [0.25, 0.3) is 0 Å². The zero-order chi connectivity index (χ0) is 49.0. The minimum atomic E-state index is -2.41. The van der Waals surface area contributed by atoms with Gasteiger partial charge in [0.2, 0.25) is 5.79 Å². The average Bonchev–Trinajstić information content (AvgIpc) is 3.32. The summed E-state index contributed by atoms with van der Waals surface area (Å²) in [5.74, 6) is -6.88. The van der Waals surface area contributed by atoms with Gasteiger partial charge in [0.05, 0.1) is 43.7 Å². The molecule has 3 saturated heterocycles. The first kappa shape index (κ1) is 60.9. The van der Waals surface area contributed by atoms with Crippen molar-refractivity contribution in [1.82, 2.24) is 4.90 Å². The van der Waals surface area contributed by atoms with Gasteiger partial charge in [0.1, 0.15) is 18.2 Å². The normalized spacial score (nSPS) is 40.0. The van der Waals surface area contributed by atoms with Gasteiger partial charge in [0.25, 0.3) is 11.7 Å². The number of rotatable bonds is 8. The molecule has 6 rings (SSSR count). The standard InChI is InChI=1S/C52H79N2O13.CH3.Y/c1-31-14-11-10-12-15-32(2)42(62-7)30-38-21-18-35(5)52(61,67-38)49(58)50(59)54-23-13-16-39-40(27-36-19-22-41(65-25-24-55)44(28-36)63-8)43(66-51(60)45(39)54)29-37(53-6)20-17-33(3)46(56)48(64-9)47(57)34(4)26-31;;/h10-12,14-15,17,31,34-36,38-46,48,55-56,61H,6,13,16,18-30H2,1-5,7-9H3;1H3;/q2*-1;/b12-10+,14-11+,32-15+,33-17+,53-37?;;/t31-,34-,35-,36+,38+,39?,40+,41-,42+,43+,44-,45+,46-,48-,52-;;/m1../s1. The van der Waals surface area contributed by atoms with E-state index < -0.39 is 71.8 Å². The molecule has 1 saturated carbocycles. The Labute approximate surface area is 437 Å². The summed E-state index contributed by atoms with van der Waals surface area (Å²) in [7, 11) is 8.51. The van der Waals surface area contributed by atoms with Gasteiger partial charge in [-0.25, -0.2) is 4.79 Å². The predicted octanol–water partition coefficient (Wildman–Crippen LogP) is 6.28. The second-order valence-electron chi connectivity index (χ2n) is 19.8. The van der Waals surface area contributed by atoms with Gasteiger partial charge in [-0.3, -0.25) is 14.4 Å². The van der Waals surface area contributed by atoms with Crippen molar-refractivity contribution >= 4 is 29.2 Å². The van der Waals surface area contributed by atoms with Crippen LogP contribution in [0.5, 0.6) is 0 Å². The summed E-state index contributed by atoms with van der Waals surface area (Å²) in [6.45, 7) is 9.49. The molecule has 3 N–H and O–H groups in total. The van der Waals surface area contributed by atoms with E-state index >= 15 is 0 Å². The third kappa shape index (κ3) is 15.3. The Bertz CT molecular complexity index is 1850. The van der Waals surface area contributed by atoms with Gasteiger partial charge in [-0.2, -0.15) is 7.05 Å². The van der Waals surface area contributed by atoms with Crippen LogP contribution in [0.2, 0.25) is 0 Å². The number of aliphatic imine (C=N–C) groups is 1. The van der Waals surface area contributed by atoms with E-state index in [0.717, 1.165) is 12.0 Å². The van der Waals surface area contributed by atoms with Gasteiger partial charge < -0.3 is 61.1 Å². The number of allylic oxidation sites excluding steroid dienone is 6. The first-order chi connectivity index (χ1) is 32.0. The van der Waals surface area contributed by atoms with E-state index in [1.807, 2.05) is 51.2 Å². The number of hydrogen-bond donors (Lipinski definition) is 3. The fraction of sp³-hybridized carbons (Fsp3) is 0.717. The smallest absolute Gasteiger partial charge is 0.329 e. The third-order valence-electron chi connectivity index (χ3n) is 15.2. The zero-order valence-corrected chi connectivity index (χ0v) is 45.6. The van der Waals surface area contributed by atoms with Gasteiger partial charge in [-0.1, -0.05) is 63.6 Å². The minimum absolute atomic E-state index is 0. The summed E-state index contributed by atoms with van der Waals surface area (Å²) in [6.07, 6.45) is 13.3. The quantitative estimate of drug-likeness (QED) is 0.106. The van der Waals surface area contributed by atoms with Crippen LogP contribution < -0.4 is 0 Å². The van der Waals surface area contributed by atoms with E-state index in [2.05, 4.69) is 12.0 Å². The second-order valence-corrected chi connectivity index (χ2v) is 19.8. The Kier molecular flexibility index (Phi) is 25.3. The van der Waals surface area contributed by atoms with Gasteiger partial charge in [-0.05, 0) is 107 Å². The molecule has 5 heterocycles. The topological polar surface area (TPSA) is 200 Å². The number of hydrogen-bond acceptors (Lipinski definition) is 14. The number of piperidine rings is 1. The molecule has 6 aliphatic rings. The molecule has 69 heavy (non-hydrogen) atoms. The molecule has 15 atom stereocenters. The summed E-state index contributed by atoms with van der Waals surface area (Å²) in [5, 5.41) is 33.0. The molecule has 1 amide bonds. The zero-order valence-electron chi connectivity index (χ0n) is 42.8. The van der Waals surface area contributed by atoms with Crippen LogP contribution in [0.15, 0.2) is 52.6 Å². The van der Waals surface area contributed by atoms with Gasteiger partial charge in [0, 0.05) is 84.8 Å². The fourth-order valence-electron chi connectivity index (χ4n) is 11.2. The van der Waals surface area contributed by atoms with Crippen LogP contribution in [-0.2, 0) is 80.3 Å². The summed E-state index contributed by atoms with van der Waals surface area (Å²) in [5.41, 5.74) is 2.02. The van der Waals surface area contributed by atoms with Crippen molar-refractivity contribution in [2.24, 2.45) is 40.5 Å². The molecule has 1 aliphatic carbocycles. The summed E-state index contributed by atoms with van der Waals surface area (Å²) in [4.78, 5) is 62.8. The molecule has 0 aromatic rings. The summed E-state index contributed by atoms with van der Waals surface area (Å²) in [6, 6.07) is -1.07. The molecule has 15 nitrogen and oxygen atoms in total. The maximum Gasteiger partial charge on any atom is 0.329 e. The molecule has 1 unspecified atom stereocenters. The fourth-order valence-corrected chi connectivity index (χ4v) is 11.2. The van der Waals surface area contributed by atoms with E-state index in [-0.39, 0.29) is 114 Å². The number of methoxy groups -OCH3 is 3. The maximum atomic E-state index is 14.5. The van der Waals surface area contributed by atoms with Crippen molar-refractivity contribution in [2.45, 2.75) is 166 Å². The maximum absolute atomic E-state index is 14.5. The minimum Gasteiger partial charge on any atom is -0.462 e. The van der Waals surface area contributed by atoms with Crippen molar-refractivity contribution in [3.63, 3.8) is 0 Å². The Balaban J connectivity index is 0.00000630. The third-order valence-corrected chi connectivity index (χ3v) is 15.2. The van der Waals surface area contributed by atoms with Crippen LogP contribution in [0, 0.1) is 50.0 Å². The van der Waals surface area contributed by atoms with E-state index in [1.54, 1.807) is 34.1 Å². The monoisotopic (exact) mass is 1040 g/mol. The molecule has 0 spiro atoms. The van der Waals surface area contributed by atoms with Gasteiger partial charge >= 0.3 is 5.97 Å². The number of ether oxygens (including phenoxy) is 6. The molecule has 0 aromatic carbocycles. The van der Waals surface area contributed by atoms with Crippen molar-refractivity contribution in [3.05, 3.63) is 62.1 Å². The van der Waals surface area contributed by atoms with Crippen LogP contribution in [0.3, 0.4) is 0 Å². The van der Waals surface area contributed by atoms with Crippen LogP contribution in [0.4, 0.5) is 0 Å². The van der Waals surface area contributed by atoms with E-state index in [0.29, 0.717) is 69.1 Å².